The molecule has 7 atom stereocenters. The normalized spacial score (nSPS) is 32.5. The molecule has 2 aromatic carbocycles. The van der Waals surface area contributed by atoms with Gasteiger partial charge in [0, 0.05) is 16.0 Å². The first kappa shape index (κ1) is 21.4. The Morgan fingerprint density at radius 2 is 1.66 bits per heavy atom. The Labute approximate surface area is 208 Å². The highest BCUT2D eigenvalue weighted by molar-refractivity contribution is 8.00. The number of halogens is 1. The molecular formula is C26H21FN2O4S2. The average Bonchev–Trinajstić information content (AvgIpc) is 3.59. The molecule has 0 spiro atoms. The summed E-state index contributed by atoms with van der Waals surface area (Å²) in [7, 11) is 1.63. The zero-order valence-electron chi connectivity index (χ0n) is 18.6. The number of imide groups is 1. The molecule has 3 fully saturated rings. The fourth-order valence-electron chi connectivity index (χ4n) is 7.05. The zero-order chi connectivity index (χ0) is 24.0. The van der Waals surface area contributed by atoms with E-state index in [1.807, 2.05) is 24.3 Å². The predicted octanol–water partition coefficient (Wildman–Crippen LogP) is 4.26. The molecule has 2 amide bonds. The number of benzene rings is 2. The van der Waals surface area contributed by atoms with E-state index in [-0.39, 0.29) is 57.4 Å². The lowest BCUT2D eigenvalue weighted by Gasteiger charge is -2.43. The van der Waals surface area contributed by atoms with Crippen LogP contribution in [0.1, 0.15) is 22.8 Å². The SMILES string of the molecule is COc1ccc([C@@H]2c3sc(=O)[nH]c3S[C@@H]3[C@H]4C[C@@H]([C@@H]5C(=O)N(c6ccc(F)cc6)C(=O)[C@H]45)[C@@H]23)cc1. The van der Waals surface area contributed by atoms with Gasteiger partial charge in [0.15, 0.2) is 0 Å². The Morgan fingerprint density at radius 3 is 2.34 bits per heavy atom. The Hall–Kier alpha value is -2.91. The fraction of sp³-hybridized carbons (Fsp3) is 0.346. The van der Waals surface area contributed by atoms with Gasteiger partial charge in [-0.15, -0.1) is 11.8 Å². The number of hydrogen-bond acceptors (Lipinski definition) is 6. The first-order chi connectivity index (χ1) is 17.0. The number of carbonyl (C=O) groups is 2. The summed E-state index contributed by atoms with van der Waals surface area (Å²) in [6.07, 6.45) is 0.832. The van der Waals surface area contributed by atoms with Crippen molar-refractivity contribution in [2.24, 2.45) is 29.6 Å². The second-order valence-corrected chi connectivity index (χ2v) is 11.9. The zero-order valence-corrected chi connectivity index (χ0v) is 20.3. The van der Waals surface area contributed by atoms with Crippen molar-refractivity contribution in [2.45, 2.75) is 22.6 Å². The van der Waals surface area contributed by atoms with Crippen LogP contribution in [0.5, 0.6) is 5.75 Å². The van der Waals surface area contributed by atoms with Crippen LogP contribution in [0, 0.1) is 35.4 Å². The van der Waals surface area contributed by atoms with E-state index in [1.165, 1.54) is 40.5 Å². The molecule has 0 radical (unpaired) electrons. The van der Waals surface area contributed by atoms with E-state index in [2.05, 4.69) is 4.98 Å². The van der Waals surface area contributed by atoms with Crippen LogP contribution >= 0.6 is 23.1 Å². The second-order valence-electron chi connectivity index (χ2n) is 9.72. The summed E-state index contributed by atoms with van der Waals surface area (Å²) in [5, 5.41) is 1.02. The van der Waals surface area contributed by atoms with Crippen molar-refractivity contribution in [3.8, 4) is 5.75 Å². The van der Waals surface area contributed by atoms with Gasteiger partial charge >= 0.3 is 4.87 Å². The van der Waals surface area contributed by atoms with Gasteiger partial charge in [0.25, 0.3) is 0 Å². The van der Waals surface area contributed by atoms with Crippen molar-refractivity contribution in [1.82, 2.24) is 4.98 Å². The molecule has 2 aliphatic heterocycles. The van der Waals surface area contributed by atoms with Crippen molar-refractivity contribution in [1.29, 1.82) is 0 Å². The highest BCUT2D eigenvalue weighted by atomic mass is 32.2. The van der Waals surface area contributed by atoms with Crippen LogP contribution in [0.25, 0.3) is 0 Å². The molecule has 6 nitrogen and oxygen atoms in total. The molecule has 35 heavy (non-hydrogen) atoms. The highest BCUT2D eigenvalue weighted by Crippen LogP contribution is 2.68. The number of amides is 2. The minimum Gasteiger partial charge on any atom is -0.497 e. The van der Waals surface area contributed by atoms with Gasteiger partial charge in [0.1, 0.15) is 11.6 Å². The molecule has 2 saturated carbocycles. The van der Waals surface area contributed by atoms with Gasteiger partial charge in [-0.25, -0.2) is 4.39 Å². The summed E-state index contributed by atoms with van der Waals surface area (Å²) in [6, 6.07) is 13.5. The number of rotatable bonds is 3. The van der Waals surface area contributed by atoms with Gasteiger partial charge in [-0.05, 0) is 66.1 Å². The van der Waals surface area contributed by atoms with Crippen molar-refractivity contribution in [3.63, 3.8) is 0 Å². The van der Waals surface area contributed by atoms with Crippen molar-refractivity contribution in [2.75, 3.05) is 12.0 Å². The lowest BCUT2D eigenvalue weighted by atomic mass is 9.68. The minimum atomic E-state index is -0.405. The number of ether oxygens (including phenoxy) is 1. The molecule has 178 valence electrons. The number of nitrogens with one attached hydrogen (secondary N) is 1. The van der Waals surface area contributed by atoms with E-state index in [0.717, 1.165) is 27.6 Å². The predicted molar refractivity (Wildman–Crippen MR) is 130 cm³/mol. The Balaban J connectivity index is 1.31. The number of fused-ring (bicyclic) bond motifs is 9. The number of hydrogen-bond donors (Lipinski definition) is 1. The molecule has 1 N–H and O–H groups in total. The number of carbonyl (C=O) groups excluding carboxylic acids is 2. The maximum Gasteiger partial charge on any atom is 0.305 e. The number of aromatic nitrogens is 1. The van der Waals surface area contributed by atoms with Crippen molar-refractivity contribution >= 4 is 40.6 Å². The van der Waals surface area contributed by atoms with Crippen LogP contribution < -0.4 is 14.5 Å². The summed E-state index contributed by atoms with van der Waals surface area (Å²) >= 11 is 2.91. The standard InChI is InChI=1S/C26H21FN2O4S2/c1-33-14-8-2-11(3-9-14)17-18-15-10-16(21(18)34-23-22(17)35-26(32)28-23)20-19(15)24(30)29(25(20)31)13-6-4-12(27)5-7-13/h2-9,15-21H,10H2,1H3,(H,28,32)/t15-,16+,17+,18+,19+,20-,21-/m1/s1. The van der Waals surface area contributed by atoms with Gasteiger partial charge in [-0.2, -0.15) is 0 Å². The van der Waals surface area contributed by atoms with Crippen LogP contribution in [-0.4, -0.2) is 29.2 Å². The summed E-state index contributed by atoms with van der Waals surface area (Å²) < 4.78 is 18.8. The molecule has 3 heterocycles. The first-order valence-electron chi connectivity index (χ1n) is 11.6. The third-order valence-electron chi connectivity index (χ3n) is 8.28. The number of nitrogens with zero attached hydrogens (tertiary/aromatic N) is 1. The highest BCUT2D eigenvalue weighted by Gasteiger charge is 2.69. The molecule has 1 aromatic heterocycles. The van der Waals surface area contributed by atoms with Gasteiger partial charge in [-0.1, -0.05) is 23.5 Å². The van der Waals surface area contributed by atoms with Crippen LogP contribution in [0.3, 0.4) is 0 Å². The molecule has 2 bridgehead atoms. The molecule has 1 saturated heterocycles. The molecule has 2 aliphatic carbocycles. The Kier molecular flexibility index (Phi) is 4.61. The summed E-state index contributed by atoms with van der Waals surface area (Å²) in [5.74, 6) is -0.523. The molecule has 4 aliphatic rings. The molecule has 7 rings (SSSR count). The Morgan fingerprint density at radius 1 is 0.971 bits per heavy atom. The number of H-pyrrole nitrogens is 1. The number of thiazole rings is 1. The van der Waals surface area contributed by atoms with Crippen molar-refractivity contribution < 1.29 is 18.7 Å². The van der Waals surface area contributed by atoms with E-state index in [1.54, 1.807) is 18.9 Å². The van der Waals surface area contributed by atoms with E-state index in [9.17, 15) is 18.8 Å². The average molecular weight is 509 g/mol. The van der Waals surface area contributed by atoms with E-state index in [0.29, 0.717) is 5.69 Å². The number of aromatic amines is 1. The largest absolute Gasteiger partial charge is 0.497 e. The summed E-state index contributed by atoms with van der Waals surface area (Å²) in [6.45, 7) is 0. The fourth-order valence-corrected chi connectivity index (χ4v) is 9.93. The van der Waals surface area contributed by atoms with Crippen molar-refractivity contribution in [3.05, 3.63) is 74.5 Å². The smallest absolute Gasteiger partial charge is 0.305 e. The minimum absolute atomic E-state index is 0.0233. The Bertz CT molecular complexity index is 1420. The third kappa shape index (κ3) is 2.91. The summed E-state index contributed by atoms with van der Waals surface area (Å²) in [4.78, 5) is 44.8. The number of methoxy groups -OCH3 is 1. The topological polar surface area (TPSA) is 79.5 Å². The number of thioether (sulfide) groups is 1. The maximum atomic E-state index is 13.7. The molecular weight excluding hydrogens is 487 g/mol. The monoisotopic (exact) mass is 508 g/mol. The molecule has 0 unspecified atom stereocenters. The third-order valence-corrected chi connectivity index (χ3v) is 10.9. The van der Waals surface area contributed by atoms with E-state index >= 15 is 0 Å². The van der Waals surface area contributed by atoms with E-state index < -0.39 is 5.82 Å². The van der Waals surface area contributed by atoms with Gasteiger partial charge in [-0.3, -0.25) is 19.3 Å². The van der Waals surface area contributed by atoms with E-state index in [4.69, 9.17) is 4.74 Å². The van der Waals surface area contributed by atoms with Crippen LogP contribution in [0.2, 0.25) is 0 Å². The quantitative estimate of drug-likeness (QED) is 0.535. The lowest BCUT2D eigenvalue weighted by molar-refractivity contribution is -0.123. The summed E-state index contributed by atoms with van der Waals surface area (Å²) in [5.41, 5.74) is 1.52. The second kappa shape index (κ2) is 7.54. The maximum absolute atomic E-state index is 13.7. The van der Waals surface area contributed by atoms with Crippen LogP contribution in [-0.2, 0) is 9.59 Å². The van der Waals surface area contributed by atoms with Crippen LogP contribution in [0.4, 0.5) is 10.1 Å². The van der Waals surface area contributed by atoms with Gasteiger partial charge < -0.3 is 9.72 Å². The molecule has 9 heteroatoms. The van der Waals surface area contributed by atoms with Gasteiger partial charge in [0.05, 0.1) is 29.7 Å². The first-order valence-corrected chi connectivity index (χ1v) is 13.3. The van der Waals surface area contributed by atoms with Gasteiger partial charge in [0.2, 0.25) is 11.8 Å². The number of anilines is 1. The molecule has 3 aromatic rings. The lowest BCUT2D eigenvalue weighted by Crippen LogP contribution is -2.42. The van der Waals surface area contributed by atoms with Crippen LogP contribution in [0.15, 0.2) is 58.4 Å².